The molecular formula is C18H21ClN2O3. The van der Waals surface area contributed by atoms with Gasteiger partial charge in [0.15, 0.2) is 0 Å². The van der Waals surface area contributed by atoms with E-state index in [2.05, 4.69) is 5.32 Å². The lowest BCUT2D eigenvalue weighted by molar-refractivity contribution is -0.144. The van der Waals surface area contributed by atoms with Crippen molar-refractivity contribution >= 4 is 29.1 Å². The van der Waals surface area contributed by atoms with Gasteiger partial charge < -0.3 is 15.0 Å². The van der Waals surface area contributed by atoms with Crippen molar-refractivity contribution in [1.29, 1.82) is 0 Å². The lowest BCUT2D eigenvalue weighted by Crippen LogP contribution is -2.47. The van der Waals surface area contributed by atoms with E-state index in [0.29, 0.717) is 49.9 Å². The number of halogens is 1. The van der Waals surface area contributed by atoms with Crippen molar-refractivity contribution in [1.82, 2.24) is 4.90 Å². The highest BCUT2D eigenvalue weighted by molar-refractivity contribution is 6.30. The second kappa shape index (κ2) is 7.81. The number of ether oxygens (including phenoxy) is 1. The number of amides is 2. The highest BCUT2D eigenvalue weighted by atomic mass is 35.5. The van der Waals surface area contributed by atoms with Gasteiger partial charge >= 0.3 is 0 Å². The van der Waals surface area contributed by atoms with Gasteiger partial charge in [-0.1, -0.05) is 29.8 Å². The molecule has 5 nitrogen and oxygen atoms in total. The summed E-state index contributed by atoms with van der Waals surface area (Å²) in [5.74, 6) is -0.751. The molecule has 1 aromatic rings. The molecule has 0 spiro atoms. The third-order valence-electron chi connectivity index (χ3n) is 4.50. The third-order valence-corrected chi connectivity index (χ3v) is 4.74. The third kappa shape index (κ3) is 3.97. The molecule has 1 aliphatic carbocycles. The van der Waals surface area contributed by atoms with E-state index in [-0.39, 0.29) is 23.7 Å². The number of anilines is 1. The van der Waals surface area contributed by atoms with Crippen LogP contribution in [0.4, 0.5) is 5.69 Å². The molecule has 1 N–H and O–H groups in total. The van der Waals surface area contributed by atoms with Crippen LogP contribution in [0.15, 0.2) is 36.4 Å². The van der Waals surface area contributed by atoms with Crippen LogP contribution < -0.4 is 5.32 Å². The first-order chi connectivity index (χ1) is 11.6. The van der Waals surface area contributed by atoms with Crippen molar-refractivity contribution < 1.29 is 14.3 Å². The van der Waals surface area contributed by atoms with Crippen LogP contribution in [0.25, 0.3) is 0 Å². The molecule has 24 heavy (non-hydrogen) atoms. The number of carbonyl (C=O) groups excluding carboxylic acids is 2. The Bertz CT molecular complexity index is 641. The summed E-state index contributed by atoms with van der Waals surface area (Å²) >= 11 is 5.96. The topological polar surface area (TPSA) is 58.6 Å². The smallest absolute Gasteiger partial charge is 0.228 e. The number of hydrogen-bond donors (Lipinski definition) is 1. The van der Waals surface area contributed by atoms with E-state index in [4.69, 9.17) is 16.3 Å². The maximum Gasteiger partial charge on any atom is 0.228 e. The van der Waals surface area contributed by atoms with E-state index in [9.17, 15) is 9.59 Å². The second-order valence-electron chi connectivity index (χ2n) is 6.09. The average molecular weight is 349 g/mol. The van der Waals surface area contributed by atoms with Crippen LogP contribution in [0, 0.1) is 11.8 Å². The molecule has 0 bridgehead atoms. The average Bonchev–Trinajstić information content (AvgIpc) is 2.62. The Morgan fingerprint density at radius 2 is 1.83 bits per heavy atom. The van der Waals surface area contributed by atoms with Crippen molar-refractivity contribution in [2.45, 2.75) is 12.8 Å². The molecular weight excluding hydrogens is 328 g/mol. The molecule has 0 radical (unpaired) electrons. The molecule has 1 aromatic carbocycles. The standard InChI is InChI=1S/C18H21ClN2O3/c19-13-4-3-5-14(12-13)20-17(22)15-6-1-2-7-16(15)18(23)21-8-10-24-11-9-21/h1-5,12,15-16H,6-11H2,(H,20,22)/t15-,16-/m0/s1. The van der Waals surface area contributed by atoms with Gasteiger partial charge in [-0.05, 0) is 31.0 Å². The molecule has 128 valence electrons. The number of carbonyl (C=O) groups is 2. The number of nitrogens with one attached hydrogen (secondary N) is 1. The predicted molar refractivity (Wildman–Crippen MR) is 92.8 cm³/mol. The fourth-order valence-electron chi connectivity index (χ4n) is 3.20. The van der Waals surface area contributed by atoms with Crippen molar-refractivity contribution in [3.63, 3.8) is 0 Å². The Hall–Kier alpha value is -1.85. The molecule has 1 saturated heterocycles. The zero-order chi connectivity index (χ0) is 16.9. The van der Waals surface area contributed by atoms with E-state index in [0.717, 1.165) is 0 Å². The van der Waals surface area contributed by atoms with E-state index < -0.39 is 0 Å². The summed E-state index contributed by atoms with van der Waals surface area (Å²) in [5.41, 5.74) is 0.652. The first-order valence-electron chi connectivity index (χ1n) is 8.23. The van der Waals surface area contributed by atoms with Crippen molar-refractivity contribution in [2.75, 3.05) is 31.6 Å². The van der Waals surface area contributed by atoms with Gasteiger partial charge in [0, 0.05) is 23.8 Å². The Labute approximate surface area is 146 Å². The summed E-state index contributed by atoms with van der Waals surface area (Å²) in [6.07, 6.45) is 5.15. The minimum absolute atomic E-state index is 0.0499. The van der Waals surface area contributed by atoms with Crippen LogP contribution in [0.1, 0.15) is 12.8 Å². The maximum absolute atomic E-state index is 12.8. The van der Waals surface area contributed by atoms with Gasteiger partial charge in [0.1, 0.15) is 0 Å². The van der Waals surface area contributed by atoms with Gasteiger partial charge in [-0.15, -0.1) is 0 Å². The van der Waals surface area contributed by atoms with E-state index in [1.807, 2.05) is 17.1 Å². The molecule has 2 amide bonds. The minimum atomic E-state index is -0.357. The van der Waals surface area contributed by atoms with Gasteiger partial charge in [0.05, 0.1) is 25.0 Å². The molecule has 0 unspecified atom stereocenters. The zero-order valence-corrected chi connectivity index (χ0v) is 14.2. The summed E-state index contributed by atoms with van der Waals surface area (Å²) in [4.78, 5) is 27.3. The quantitative estimate of drug-likeness (QED) is 0.854. The lowest BCUT2D eigenvalue weighted by atomic mass is 9.81. The molecule has 1 heterocycles. The van der Waals surface area contributed by atoms with Crippen molar-refractivity contribution in [3.05, 3.63) is 41.4 Å². The SMILES string of the molecule is O=C(Nc1cccc(Cl)c1)[C@H]1CC=CC[C@@H]1C(=O)N1CCOCC1. The molecule has 3 rings (SSSR count). The van der Waals surface area contributed by atoms with E-state index in [1.54, 1.807) is 24.3 Å². The molecule has 2 aliphatic rings. The summed E-state index contributed by atoms with van der Waals surface area (Å²) in [6, 6.07) is 7.04. The Morgan fingerprint density at radius 1 is 1.12 bits per heavy atom. The highest BCUT2D eigenvalue weighted by Gasteiger charge is 2.36. The molecule has 0 saturated carbocycles. The summed E-state index contributed by atoms with van der Waals surface area (Å²) < 4.78 is 5.30. The number of morpholine rings is 1. The van der Waals surface area contributed by atoms with Crippen molar-refractivity contribution in [2.24, 2.45) is 11.8 Å². The van der Waals surface area contributed by atoms with Gasteiger partial charge in [-0.25, -0.2) is 0 Å². The molecule has 1 fully saturated rings. The second-order valence-corrected chi connectivity index (χ2v) is 6.53. The zero-order valence-electron chi connectivity index (χ0n) is 13.4. The van der Waals surface area contributed by atoms with Crippen LogP contribution >= 0.6 is 11.6 Å². The first-order valence-corrected chi connectivity index (χ1v) is 8.61. The van der Waals surface area contributed by atoms with Crippen molar-refractivity contribution in [3.8, 4) is 0 Å². The first kappa shape index (κ1) is 17.0. The monoisotopic (exact) mass is 348 g/mol. The van der Waals surface area contributed by atoms with E-state index in [1.165, 1.54) is 0 Å². The number of benzene rings is 1. The van der Waals surface area contributed by atoms with Crippen LogP contribution in [0.5, 0.6) is 0 Å². The number of rotatable bonds is 3. The Kier molecular flexibility index (Phi) is 5.53. The maximum atomic E-state index is 12.8. The predicted octanol–water partition coefficient (Wildman–Crippen LogP) is 2.72. The summed E-state index contributed by atoms with van der Waals surface area (Å²) in [7, 11) is 0. The normalized spacial score (nSPS) is 23.8. The van der Waals surface area contributed by atoms with Gasteiger partial charge in [0.2, 0.25) is 11.8 Å². The Morgan fingerprint density at radius 3 is 2.54 bits per heavy atom. The fourth-order valence-corrected chi connectivity index (χ4v) is 3.39. The molecule has 6 heteroatoms. The van der Waals surface area contributed by atoms with Crippen LogP contribution in [0.2, 0.25) is 5.02 Å². The van der Waals surface area contributed by atoms with Gasteiger partial charge in [0.25, 0.3) is 0 Å². The number of nitrogens with zero attached hydrogens (tertiary/aromatic N) is 1. The highest BCUT2D eigenvalue weighted by Crippen LogP contribution is 2.29. The van der Waals surface area contributed by atoms with Crippen LogP contribution in [-0.2, 0) is 14.3 Å². The molecule has 1 aliphatic heterocycles. The Balaban J connectivity index is 1.70. The van der Waals surface area contributed by atoms with Crippen LogP contribution in [-0.4, -0.2) is 43.0 Å². The largest absolute Gasteiger partial charge is 0.378 e. The summed E-state index contributed by atoms with van der Waals surface area (Å²) in [5, 5.41) is 3.45. The summed E-state index contributed by atoms with van der Waals surface area (Å²) in [6.45, 7) is 2.32. The molecule has 2 atom stereocenters. The molecule has 0 aromatic heterocycles. The number of allylic oxidation sites excluding steroid dienone is 2. The van der Waals surface area contributed by atoms with E-state index >= 15 is 0 Å². The fraction of sp³-hybridized carbons (Fsp3) is 0.444. The van der Waals surface area contributed by atoms with Gasteiger partial charge in [-0.2, -0.15) is 0 Å². The number of hydrogen-bond acceptors (Lipinski definition) is 3. The minimum Gasteiger partial charge on any atom is -0.378 e. The van der Waals surface area contributed by atoms with Gasteiger partial charge in [-0.3, -0.25) is 9.59 Å². The van der Waals surface area contributed by atoms with Crippen LogP contribution in [0.3, 0.4) is 0 Å². The lowest BCUT2D eigenvalue weighted by Gasteiger charge is -2.34.